The Hall–Kier alpha value is -5.30. The van der Waals surface area contributed by atoms with E-state index in [4.69, 9.17) is 15.4 Å². The van der Waals surface area contributed by atoms with Crippen molar-refractivity contribution >= 4 is 40.3 Å². The minimum absolute atomic E-state index is 0.0219. The molecule has 3 amide bonds. The summed E-state index contributed by atoms with van der Waals surface area (Å²) in [6.45, 7) is 12.3. The summed E-state index contributed by atoms with van der Waals surface area (Å²) >= 11 is 0. The summed E-state index contributed by atoms with van der Waals surface area (Å²) in [7, 11) is 0. The van der Waals surface area contributed by atoms with E-state index >= 15 is 0 Å². The fourth-order valence-electron chi connectivity index (χ4n) is 5.23. The van der Waals surface area contributed by atoms with Gasteiger partial charge >= 0.3 is 6.03 Å². The number of anilines is 3. The molecule has 13 heteroatoms. The van der Waals surface area contributed by atoms with Gasteiger partial charge in [0.05, 0.1) is 11.1 Å². The number of piperazine rings is 1. The van der Waals surface area contributed by atoms with Gasteiger partial charge in [-0.1, -0.05) is 45.0 Å². The first kappa shape index (κ1) is 29.8. The second-order valence-electron chi connectivity index (χ2n) is 12.0. The molecule has 3 aromatic heterocycles. The summed E-state index contributed by atoms with van der Waals surface area (Å²) in [5, 5.41) is 14.9. The molecule has 0 atom stereocenters. The lowest BCUT2D eigenvalue weighted by molar-refractivity contribution is 0.0643. The van der Waals surface area contributed by atoms with Crippen LogP contribution < -0.4 is 16.4 Å². The molecule has 4 heterocycles. The van der Waals surface area contributed by atoms with Crippen LogP contribution >= 0.6 is 0 Å². The molecule has 0 unspecified atom stereocenters. The normalized spacial score (nSPS) is 14.1. The van der Waals surface area contributed by atoms with Crippen molar-refractivity contribution in [2.75, 3.05) is 49.1 Å². The number of hydrogen-bond donors (Lipinski definition) is 3. The predicted molar refractivity (Wildman–Crippen MR) is 172 cm³/mol. The first-order chi connectivity index (χ1) is 21.6. The zero-order chi connectivity index (χ0) is 31.7. The number of urea groups is 1. The minimum atomic E-state index is -0.450. The molecule has 1 aliphatic heterocycles. The molecule has 232 valence electrons. The van der Waals surface area contributed by atoms with Gasteiger partial charge in [-0.15, -0.1) is 0 Å². The Morgan fingerprint density at radius 1 is 0.956 bits per heavy atom. The van der Waals surface area contributed by atoms with E-state index in [0.29, 0.717) is 51.1 Å². The largest absolute Gasteiger partial charge is 0.383 e. The number of carbonyl (C=O) groups excluding carboxylic acids is 2. The van der Waals surface area contributed by atoms with Crippen molar-refractivity contribution < 1.29 is 14.1 Å². The van der Waals surface area contributed by atoms with Crippen molar-refractivity contribution in [3.05, 3.63) is 72.2 Å². The second kappa shape index (κ2) is 12.0. The zero-order valence-electron chi connectivity index (χ0n) is 25.7. The van der Waals surface area contributed by atoms with E-state index in [1.807, 2.05) is 62.1 Å². The highest BCUT2D eigenvalue weighted by Crippen LogP contribution is 2.32. The van der Waals surface area contributed by atoms with Crippen molar-refractivity contribution in [2.45, 2.75) is 33.1 Å². The number of hydrogen-bond acceptors (Lipinski definition) is 9. The van der Waals surface area contributed by atoms with Crippen LogP contribution in [0.1, 0.15) is 43.8 Å². The highest BCUT2D eigenvalue weighted by Gasteiger charge is 2.23. The number of likely N-dealkylation sites (N-methyl/N-ethyl adjacent to an activating group) is 1. The molecule has 2 aromatic carbocycles. The monoisotopic (exact) mass is 608 g/mol. The Bertz CT molecular complexity index is 1830. The lowest BCUT2D eigenvalue weighted by Crippen LogP contribution is -2.48. The van der Waals surface area contributed by atoms with Crippen molar-refractivity contribution in [1.82, 2.24) is 34.7 Å². The molecule has 0 radical (unpaired) electrons. The van der Waals surface area contributed by atoms with Crippen LogP contribution in [0.5, 0.6) is 0 Å². The Labute approximate surface area is 260 Å². The van der Waals surface area contributed by atoms with Crippen LogP contribution in [0.4, 0.5) is 22.1 Å². The molecule has 5 aromatic rings. The second-order valence-corrected chi connectivity index (χ2v) is 12.0. The van der Waals surface area contributed by atoms with Crippen molar-refractivity contribution in [3.8, 4) is 16.9 Å². The molecule has 0 bridgehead atoms. The maximum absolute atomic E-state index is 13.1. The van der Waals surface area contributed by atoms with E-state index in [0.717, 1.165) is 38.3 Å². The van der Waals surface area contributed by atoms with E-state index in [1.54, 1.807) is 22.9 Å². The molecular formula is C32H36N10O3. The van der Waals surface area contributed by atoms with Crippen LogP contribution in [0.3, 0.4) is 0 Å². The molecule has 0 saturated carbocycles. The number of nitrogens with one attached hydrogen (secondary N) is 2. The Morgan fingerprint density at radius 3 is 2.31 bits per heavy atom. The van der Waals surface area contributed by atoms with Crippen LogP contribution in [0.25, 0.3) is 28.0 Å². The molecule has 45 heavy (non-hydrogen) atoms. The Morgan fingerprint density at radius 2 is 1.67 bits per heavy atom. The lowest BCUT2D eigenvalue weighted by atomic mass is 9.93. The van der Waals surface area contributed by atoms with Gasteiger partial charge in [0.25, 0.3) is 5.91 Å². The highest BCUT2D eigenvalue weighted by atomic mass is 16.5. The van der Waals surface area contributed by atoms with Crippen LogP contribution in [-0.4, -0.2) is 79.4 Å². The smallest absolute Gasteiger partial charge is 0.324 e. The van der Waals surface area contributed by atoms with Gasteiger partial charge in [-0.25, -0.2) is 19.4 Å². The van der Waals surface area contributed by atoms with Gasteiger partial charge < -0.3 is 25.4 Å². The molecule has 6 rings (SSSR count). The summed E-state index contributed by atoms with van der Waals surface area (Å²) in [6, 6.07) is 15.8. The number of fused-ring (bicyclic) bond motifs is 1. The van der Waals surface area contributed by atoms with E-state index < -0.39 is 6.03 Å². The summed E-state index contributed by atoms with van der Waals surface area (Å²) in [4.78, 5) is 38.6. The Balaban J connectivity index is 1.20. The predicted octanol–water partition coefficient (Wildman–Crippen LogP) is 4.77. The first-order valence-electron chi connectivity index (χ1n) is 14.9. The average Bonchev–Trinajstić information content (AvgIpc) is 3.67. The number of aromatic nitrogens is 5. The van der Waals surface area contributed by atoms with Gasteiger partial charge in [0.15, 0.2) is 11.5 Å². The summed E-state index contributed by atoms with van der Waals surface area (Å²) in [5.41, 5.74) is 9.91. The minimum Gasteiger partial charge on any atom is -0.383 e. The van der Waals surface area contributed by atoms with Crippen molar-refractivity contribution in [2.24, 2.45) is 0 Å². The van der Waals surface area contributed by atoms with E-state index in [9.17, 15) is 9.59 Å². The third-order valence-corrected chi connectivity index (χ3v) is 7.87. The topological polar surface area (TPSA) is 160 Å². The maximum Gasteiger partial charge on any atom is 0.324 e. The van der Waals surface area contributed by atoms with Crippen LogP contribution in [0, 0.1) is 0 Å². The Kier molecular flexibility index (Phi) is 7.94. The molecular weight excluding hydrogens is 572 g/mol. The molecule has 4 N–H and O–H groups in total. The van der Waals surface area contributed by atoms with Crippen LogP contribution in [0.15, 0.2) is 65.4 Å². The van der Waals surface area contributed by atoms with Gasteiger partial charge in [-0.2, -0.15) is 5.10 Å². The summed E-state index contributed by atoms with van der Waals surface area (Å²) in [5.74, 6) is 1.32. The number of amides is 3. The molecule has 0 aliphatic carbocycles. The maximum atomic E-state index is 13.1. The fraction of sp³-hybridized carbons (Fsp3) is 0.312. The fourth-order valence-corrected chi connectivity index (χ4v) is 5.23. The van der Waals surface area contributed by atoms with Crippen molar-refractivity contribution in [1.29, 1.82) is 0 Å². The lowest BCUT2D eigenvalue weighted by Gasteiger charge is -2.34. The van der Waals surface area contributed by atoms with E-state index in [1.165, 1.54) is 6.33 Å². The number of rotatable bonds is 6. The quantitative estimate of drug-likeness (QED) is 0.247. The zero-order valence-corrected chi connectivity index (χ0v) is 25.7. The third-order valence-electron chi connectivity index (χ3n) is 7.87. The number of nitrogen functional groups attached to an aromatic ring is 1. The number of carbonyl (C=O) groups is 2. The van der Waals surface area contributed by atoms with Crippen molar-refractivity contribution in [3.63, 3.8) is 0 Å². The SMILES string of the molecule is CCN1CCN(C(=O)c2ccc(-c3nn(-c4ccc(NC(=O)Nc5cc(C(C)(C)C)on5)cc4)c4ncnc(N)c34)cc2)CC1. The van der Waals surface area contributed by atoms with Crippen LogP contribution in [-0.2, 0) is 5.41 Å². The first-order valence-corrected chi connectivity index (χ1v) is 14.9. The summed E-state index contributed by atoms with van der Waals surface area (Å²) in [6.07, 6.45) is 1.40. The van der Waals surface area contributed by atoms with E-state index in [2.05, 4.69) is 37.6 Å². The van der Waals surface area contributed by atoms with Gasteiger partial charge in [0.2, 0.25) is 0 Å². The number of nitrogens with zero attached hydrogens (tertiary/aromatic N) is 7. The molecule has 13 nitrogen and oxygen atoms in total. The number of benzene rings is 2. The highest BCUT2D eigenvalue weighted by molar-refractivity contribution is 6.01. The van der Waals surface area contributed by atoms with Gasteiger partial charge in [-0.3, -0.25) is 10.1 Å². The van der Waals surface area contributed by atoms with E-state index in [-0.39, 0.29) is 11.3 Å². The van der Waals surface area contributed by atoms with Gasteiger partial charge in [0, 0.05) is 54.5 Å². The molecule has 1 aliphatic rings. The average molecular weight is 609 g/mol. The molecule has 1 saturated heterocycles. The van der Waals surface area contributed by atoms with Gasteiger partial charge in [0.1, 0.15) is 23.6 Å². The van der Waals surface area contributed by atoms with Crippen LogP contribution in [0.2, 0.25) is 0 Å². The molecule has 0 spiro atoms. The molecule has 1 fully saturated rings. The summed E-state index contributed by atoms with van der Waals surface area (Å²) < 4.78 is 7.01. The third kappa shape index (κ3) is 6.20. The standard InChI is InChI=1S/C32H36N10O3/c1-5-40-14-16-41(17-15-40)30(43)21-8-6-20(7-9-21)27-26-28(33)34-19-35-29(26)42(38-27)23-12-10-22(11-13-23)36-31(44)37-25-18-24(45-39-25)32(2,3)4/h6-13,18-19H,5,14-17H2,1-4H3,(H2,33,34,35)(H2,36,37,39,44). The number of nitrogens with two attached hydrogens (primary N) is 1. The van der Waals surface area contributed by atoms with Gasteiger partial charge in [-0.05, 0) is 42.9 Å².